The Morgan fingerprint density at radius 2 is 1.74 bits per heavy atom. The SMILES string of the molecule is Oc1ccccc1/C=N/c1ncccc1OCc1ccccc1. The molecule has 3 rings (SSSR count). The lowest BCUT2D eigenvalue weighted by Gasteiger charge is -2.08. The summed E-state index contributed by atoms with van der Waals surface area (Å²) >= 11 is 0. The van der Waals surface area contributed by atoms with Gasteiger partial charge in [0, 0.05) is 18.0 Å². The Bertz CT molecular complexity index is 801. The zero-order chi connectivity index (χ0) is 15.9. The van der Waals surface area contributed by atoms with Gasteiger partial charge in [-0.2, -0.15) is 0 Å². The van der Waals surface area contributed by atoms with Crippen LogP contribution in [-0.4, -0.2) is 16.3 Å². The van der Waals surface area contributed by atoms with Crippen LogP contribution in [0.25, 0.3) is 0 Å². The van der Waals surface area contributed by atoms with Gasteiger partial charge in [0.25, 0.3) is 0 Å². The zero-order valence-electron chi connectivity index (χ0n) is 12.5. The van der Waals surface area contributed by atoms with Gasteiger partial charge < -0.3 is 9.84 Å². The van der Waals surface area contributed by atoms with E-state index in [0.717, 1.165) is 5.56 Å². The molecular weight excluding hydrogens is 288 g/mol. The first-order valence-electron chi connectivity index (χ1n) is 7.27. The highest BCUT2D eigenvalue weighted by Gasteiger charge is 2.04. The highest BCUT2D eigenvalue weighted by atomic mass is 16.5. The van der Waals surface area contributed by atoms with E-state index < -0.39 is 0 Å². The number of pyridine rings is 1. The quantitative estimate of drug-likeness (QED) is 0.721. The second-order valence-corrected chi connectivity index (χ2v) is 4.92. The molecule has 2 aromatic carbocycles. The Kier molecular flexibility index (Phi) is 4.64. The Morgan fingerprint density at radius 3 is 2.57 bits per heavy atom. The average molecular weight is 304 g/mol. The summed E-state index contributed by atoms with van der Waals surface area (Å²) in [5.74, 6) is 1.26. The maximum Gasteiger partial charge on any atom is 0.194 e. The molecule has 0 unspecified atom stereocenters. The maximum atomic E-state index is 9.77. The van der Waals surface area contributed by atoms with Gasteiger partial charge in [0.1, 0.15) is 12.4 Å². The van der Waals surface area contributed by atoms with E-state index in [4.69, 9.17) is 4.74 Å². The third kappa shape index (κ3) is 3.95. The summed E-state index contributed by atoms with van der Waals surface area (Å²) in [5, 5.41) is 9.77. The van der Waals surface area contributed by atoms with E-state index in [-0.39, 0.29) is 5.75 Å². The van der Waals surface area contributed by atoms with E-state index in [0.29, 0.717) is 23.7 Å². The van der Waals surface area contributed by atoms with Gasteiger partial charge in [-0.15, -0.1) is 0 Å². The number of hydrogen-bond acceptors (Lipinski definition) is 4. The minimum atomic E-state index is 0.180. The van der Waals surface area contributed by atoms with Crippen LogP contribution < -0.4 is 4.74 Å². The molecule has 0 saturated heterocycles. The van der Waals surface area contributed by atoms with E-state index in [1.807, 2.05) is 42.5 Å². The van der Waals surface area contributed by atoms with Gasteiger partial charge in [0.15, 0.2) is 11.6 Å². The number of aromatic hydroxyl groups is 1. The predicted molar refractivity (Wildman–Crippen MR) is 90.4 cm³/mol. The molecule has 114 valence electrons. The maximum absolute atomic E-state index is 9.77. The van der Waals surface area contributed by atoms with Crippen molar-refractivity contribution in [2.75, 3.05) is 0 Å². The summed E-state index contributed by atoms with van der Waals surface area (Å²) < 4.78 is 5.80. The molecular formula is C19H16N2O2. The van der Waals surface area contributed by atoms with Gasteiger partial charge >= 0.3 is 0 Å². The highest BCUT2D eigenvalue weighted by Crippen LogP contribution is 2.25. The summed E-state index contributed by atoms with van der Waals surface area (Å²) in [6.07, 6.45) is 3.24. The van der Waals surface area contributed by atoms with Crippen LogP contribution in [0, 0.1) is 0 Å². The van der Waals surface area contributed by atoms with Gasteiger partial charge in [0.05, 0.1) is 0 Å². The fourth-order valence-corrected chi connectivity index (χ4v) is 2.05. The first kappa shape index (κ1) is 14.8. The minimum Gasteiger partial charge on any atom is -0.507 e. The van der Waals surface area contributed by atoms with Crippen molar-refractivity contribution in [3.63, 3.8) is 0 Å². The number of nitrogens with zero attached hydrogens (tertiary/aromatic N) is 2. The normalized spacial score (nSPS) is 10.8. The summed E-state index contributed by atoms with van der Waals surface area (Å²) in [7, 11) is 0. The summed E-state index contributed by atoms with van der Waals surface area (Å²) in [6, 6.07) is 20.6. The second kappa shape index (κ2) is 7.22. The van der Waals surface area contributed by atoms with Gasteiger partial charge in [-0.25, -0.2) is 9.98 Å². The predicted octanol–water partition coefficient (Wildman–Crippen LogP) is 4.12. The molecule has 1 heterocycles. The molecule has 1 aromatic heterocycles. The number of ether oxygens (including phenoxy) is 1. The smallest absolute Gasteiger partial charge is 0.194 e. The molecule has 0 fully saturated rings. The highest BCUT2D eigenvalue weighted by molar-refractivity contribution is 5.85. The van der Waals surface area contributed by atoms with Crippen LogP contribution in [0.2, 0.25) is 0 Å². The van der Waals surface area contributed by atoms with Crippen LogP contribution in [-0.2, 0) is 6.61 Å². The molecule has 0 spiro atoms. The van der Waals surface area contributed by atoms with Crippen LogP contribution in [0.15, 0.2) is 77.9 Å². The molecule has 0 aliphatic rings. The first-order chi connectivity index (χ1) is 11.3. The molecule has 3 aromatic rings. The lowest BCUT2D eigenvalue weighted by atomic mass is 10.2. The number of hydrogen-bond donors (Lipinski definition) is 1. The number of aliphatic imine (C=N–C) groups is 1. The molecule has 0 aliphatic heterocycles. The van der Waals surface area contributed by atoms with Crippen molar-refractivity contribution in [2.45, 2.75) is 6.61 Å². The van der Waals surface area contributed by atoms with Gasteiger partial charge in [-0.1, -0.05) is 42.5 Å². The number of para-hydroxylation sites is 1. The van der Waals surface area contributed by atoms with Crippen molar-refractivity contribution < 1.29 is 9.84 Å². The second-order valence-electron chi connectivity index (χ2n) is 4.92. The Labute approximate surface area is 134 Å². The van der Waals surface area contributed by atoms with Crippen molar-refractivity contribution in [2.24, 2.45) is 4.99 Å². The number of benzene rings is 2. The van der Waals surface area contributed by atoms with E-state index >= 15 is 0 Å². The molecule has 0 saturated carbocycles. The van der Waals surface area contributed by atoms with Crippen molar-refractivity contribution in [1.82, 2.24) is 4.98 Å². The first-order valence-corrected chi connectivity index (χ1v) is 7.27. The third-order valence-corrected chi connectivity index (χ3v) is 3.25. The molecule has 1 N–H and O–H groups in total. The topological polar surface area (TPSA) is 54.7 Å². The van der Waals surface area contributed by atoms with Gasteiger partial charge in [-0.05, 0) is 29.8 Å². The lowest BCUT2D eigenvalue weighted by molar-refractivity contribution is 0.306. The van der Waals surface area contributed by atoms with Crippen LogP contribution in [0.4, 0.5) is 5.82 Å². The molecule has 4 nitrogen and oxygen atoms in total. The molecule has 4 heteroatoms. The van der Waals surface area contributed by atoms with Crippen LogP contribution in [0.1, 0.15) is 11.1 Å². The van der Waals surface area contributed by atoms with E-state index in [1.54, 1.807) is 36.7 Å². The van der Waals surface area contributed by atoms with E-state index in [1.165, 1.54) is 0 Å². The molecule has 0 aliphatic carbocycles. The van der Waals surface area contributed by atoms with Crippen molar-refractivity contribution in [1.29, 1.82) is 0 Å². The number of phenols is 1. The Balaban J connectivity index is 1.77. The van der Waals surface area contributed by atoms with Crippen molar-refractivity contribution >= 4 is 12.0 Å². The number of aromatic nitrogens is 1. The van der Waals surface area contributed by atoms with Crippen molar-refractivity contribution in [3.05, 3.63) is 84.1 Å². The molecule has 0 amide bonds. The van der Waals surface area contributed by atoms with Crippen LogP contribution >= 0.6 is 0 Å². The van der Waals surface area contributed by atoms with Gasteiger partial charge in [0.2, 0.25) is 0 Å². The summed E-state index contributed by atoms with van der Waals surface area (Å²) in [6.45, 7) is 0.450. The van der Waals surface area contributed by atoms with E-state index in [9.17, 15) is 5.11 Å². The largest absolute Gasteiger partial charge is 0.507 e. The fraction of sp³-hybridized carbons (Fsp3) is 0.0526. The molecule has 0 radical (unpaired) electrons. The standard InChI is InChI=1S/C19H16N2O2/c22-17-10-5-4-9-16(17)13-21-19-18(11-6-12-20-19)23-14-15-7-2-1-3-8-15/h1-13,22H,14H2/b21-13+. The van der Waals surface area contributed by atoms with Crippen LogP contribution in [0.3, 0.4) is 0 Å². The Hall–Kier alpha value is -3.14. The zero-order valence-corrected chi connectivity index (χ0v) is 12.5. The van der Waals surface area contributed by atoms with Crippen LogP contribution in [0.5, 0.6) is 11.5 Å². The number of rotatable bonds is 5. The average Bonchev–Trinajstić information content (AvgIpc) is 2.61. The fourth-order valence-electron chi connectivity index (χ4n) is 2.05. The minimum absolute atomic E-state index is 0.180. The Morgan fingerprint density at radius 1 is 0.957 bits per heavy atom. The summed E-state index contributed by atoms with van der Waals surface area (Å²) in [5.41, 5.74) is 1.71. The third-order valence-electron chi connectivity index (χ3n) is 3.25. The molecule has 0 atom stereocenters. The monoisotopic (exact) mass is 304 g/mol. The number of phenolic OH excluding ortho intramolecular Hbond substituents is 1. The molecule has 23 heavy (non-hydrogen) atoms. The summed E-state index contributed by atoms with van der Waals surface area (Å²) in [4.78, 5) is 8.56. The van der Waals surface area contributed by atoms with Crippen molar-refractivity contribution in [3.8, 4) is 11.5 Å². The lowest BCUT2D eigenvalue weighted by Crippen LogP contribution is -1.96. The van der Waals surface area contributed by atoms with Gasteiger partial charge in [-0.3, -0.25) is 0 Å². The molecule has 0 bridgehead atoms. The van der Waals surface area contributed by atoms with E-state index in [2.05, 4.69) is 9.98 Å².